The second-order valence-electron chi connectivity index (χ2n) is 8.60. The summed E-state index contributed by atoms with van der Waals surface area (Å²) in [5.41, 5.74) is 4.02. The molecule has 3 aromatic carbocycles. The number of piperazine rings is 1. The number of nitrogens with zero attached hydrogens (tertiary/aromatic N) is 1. The molecule has 2 atom stereocenters. The molecule has 2 aliphatic rings. The van der Waals surface area contributed by atoms with Crippen LogP contribution >= 0.6 is 0 Å². The summed E-state index contributed by atoms with van der Waals surface area (Å²) in [6, 6.07) is 32.4. The lowest BCUT2D eigenvalue weighted by Gasteiger charge is -2.37. The Morgan fingerprint density at radius 2 is 1.27 bits per heavy atom. The van der Waals surface area contributed by atoms with E-state index in [1.165, 1.54) is 16.7 Å². The van der Waals surface area contributed by atoms with Gasteiger partial charge in [0.15, 0.2) is 0 Å². The average molecular weight is 398 g/mol. The van der Waals surface area contributed by atoms with Crippen LogP contribution in [0.4, 0.5) is 0 Å². The third kappa shape index (κ3) is 3.90. The van der Waals surface area contributed by atoms with Gasteiger partial charge in [0.1, 0.15) is 6.04 Å². The third-order valence-electron chi connectivity index (χ3n) is 6.73. The molecule has 1 aliphatic carbocycles. The lowest BCUT2D eigenvalue weighted by molar-refractivity contribution is -0.929. The van der Waals surface area contributed by atoms with Crippen molar-refractivity contribution >= 4 is 5.91 Å². The lowest BCUT2D eigenvalue weighted by Crippen LogP contribution is -3.15. The molecule has 0 spiro atoms. The van der Waals surface area contributed by atoms with Crippen LogP contribution in [0.3, 0.4) is 0 Å². The molecule has 0 radical (unpaired) electrons. The number of carbonyl (C=O) groups is 1. The number of rotatable bonds is 5. The van der Waals surface area contributed by atoms with Gasteiger partial charge in [-0.2, -0.15) is 0 Å². The maximum absolute atomic E-state index is 13.1. The minimum atomic E-state index is 0.188. The Hall–Kier alpha value is -2.91. The number of benzene rings is 3. The van der Waals surface area contributed by atoms with E-state index in [-0.39, 0.29) is 5.92 Å². The molecule has 2 fully saturated rings. The highest BCUT2D eigenvalue weighted by Gasteiger charge is 2.46. The summed E-state index contributed by atoms with van der Waals surface area (Å²) in [5.74, 6) is 0.970. The summed E-state index contributed by atoms with van der Waals surface area (Å²) < 4.78 is 0. The molecule has 152 valence electrons. The summed E-state index contributed by atoms with van der Waals surface area (Å²) in [6.07, 6.45) is 1.01. The zero-order valence-electron chi connectivity index (χ0n) is 17.3. The van der Waals surface area contributed by atoms with Crippen molar-refractivity contribution in [3.8, 4) is 0 Å². The molecular weight excluding hydrogens is 368 g/mol. The molecule has 1 saturated heterocycles. The minimum Gasteiger partial charge on any atom is -0.331 e. The largest absolute Gasteiger partial charge is 0.331 e. The smallest absolute Gasteiger partial charge is 0.226 e. The lowest BCUT2D eigenvalue weighted by atomic mass is 9.96. The predicted octanol–water partition coefficient (Wildman–Crippen LogP) is 3.31. The van der Waals surface area contributed by atoms with Gasteiger partial charge in [-0.15, -0.1) is 0 Å². The van der Waals surface area contributed by atoms with E-state index in [2.05, 4.69) is 89.8 Å². The van der Waals surface area contributed by atoms with Gasteiger partial charge >= 0.3 is 0 Å². The molecule has 3 heteroatoms. The van der Waals surface area contributed by atoms with Gasteiger partial charge in [-0.3, -0.25) is 4.79 Å². The standard InChI is InChI=1S/C27H28N2O/c30-27(25-20-24(25)21-10-4-1-5-11-21)29-18-16-28(17-19-29)26(22-12-6-2-7-13-22)23-14-8-3-9-15-23/h1-15,24-26H,16-20H2/p+1/t24-,25+/m1/s1. The van der Waals surface area contributed by atoms with Crippen LogP contribution in [-0.2, 0) is 4.79 Å². The first-order chi connectivity index (χ1) is 14.8. The van der Waals surface area contributed by atoms with E-state index >= 15 is 0 Å². The Bertz CT molecular complexity index is 926. The molecule has 1 amide bonds. The number of quaternary nitrogens is 1. The zero-order valence-corrected chi connectivity index (χ0v) is 17.3. The van der Waals surface area contributed by atoms with Crippen molar-refractivity contribution in [3.63, 3.8) is 0 Å². The normalized spacial score (nSPS) is 21.6. The van der Waals surface area contributed by atoms with Gasteiger partial charge in [0.05, 0.1) is 26.2 Å². The van der Waals surface area contributed by atoms with Crippen molar-refractivity contribution in [2.45, 2.75) is 18.4 Å². The zero-order chi connectivity index (χ0) is 20.3. The molecule has 0 aromatic heterocycles. The predicted molar refractivity (Wildman–Crippen MR) is 119 cm³/mol. The first-order valence-corrected chi connectivity index (χ1v) is 11.1. The van der Waals surface area contributed by atoms with Crippen LogP contribution in [-0.4, -0.2) is 37.0 Å². The van der Waals surface area contributed by atoms with Gasteiger partial charge in [-0.25, -0.2) is 0 Å². The second kappa shape index (κ2) is 8.45. The quantitative estimate of drug-likeness (QED) is 0.702. The van der Waals surface area contributed by atoms with Gasteiger partial charge in [-0.1, -0.05) is 91.0 Å². The van der Waals surface area contributed by atoms with Crippen LogP contribution in [0.25, 0.3) is 0 Å². The van der Waals surface area contributed by atoms with Crippen LogP contribution in [0, 0.1) is 5.92 Å². The molecule has 5 rings (SSSR count). The van der Waals surface area contributed by atoms with Crippen molar-refractivity contribution in [3.05, 3.63) is 108 Å². The van der Waals surface area contributed by atoms with Crippen molar-refractivity contribution in [1.82, 2.24) is 4.90 Å². The Morgan fingerprint density at radius 1 is 0.767 bits per heavy atom. The minimum absolute atomic E-state index is 0.188. The Morgan fingerprint density at radius 3 is 1.80 bits per heavy atom. The first kappa shape index (κ1) is 19.1. The second-order valence-corrected chi connectivity index (χ2v) is 8.60. The van der Waals surface area contributed by atoms with Crippen molar-refractivity contribution in [2.24, 2.45) is 5.92 Å². The molecule has 1 aliphatic heterocycles. The van der Waals surface area contributed by atoms with Crippen LogP contribution in [0.2, 0.25) is 0 Å². The van der Waals surface area contributed by atoms with Gasteiger partial charge in [0, 0.05) is 17.0 Å². The van der Waals surface area contributed by atoms with Crippen LogP contribution in [0.1, 0.15) is 35.1 Å². The number of amides is 1. The maximum atomic E-state index is 13.1. The van der Waals surface area contributed by atoms with Crippen molar-refractivity contribution in [1.29, 1.82) is 0 Å². The van der Waals surface area contributed by atoms with Crippen molar-refractivity contribution in [2.75, 3.05) is 26.2 Å². The fourth-order valence-electron chi connectivity index (χ4n) is 5.03. The van der Waals surface area contributed by atoms with Crippen LogP contribution in [0.5, 0.6) is 0 Å². The highest BCUT2D eigenvalue weighted by Crippen LogP contribution is 2.48. The van der Waals surface area contributed by atoms with Crippen LogP contribution in [0.15, 0.2) is 91.0 Å². The summed E-state index contributed by atoms with van der Waals surface area (Å²) >= 11 is 0. The summed E-state index contributed by atoms with van der Waals surface area (Å²) in [7, 11) is 0. The monoisotopic (exact) mass is 397 g/mol. The van der Waals surface area contributed by atoms with E-state index in [1.807, 2.05) is 6.07 Å². The van der Waals surface area contributed by atoms with Crippen molar-refractivity contribution < 1.29 is 9.69 Å². The van der Waals surface area contributed by atoms with E-state index in [9.17, 15) is 4.79 Å². The number of nitrogens with one attached hydrogen (secondary N) is 1. The number of carbonyl (C=O) groups excluding carboxylic acids is 1. The molecule has 1 saturated carbocycles. The van der Waals surface area contributed by atoms with Gasteiger partial charge in [0.2, 0.25) is 5.91 Å². The SMILES string of the molecule is O=C([C@H]1C[C@@H]1c1ccccc1)N1CC[NH+](C(c2ccccc2)c2ccccc2)CC1. The first-order valence-electron chi connectivity index (χ1n) is 11.1. The van der Waals surface area contributed by atoms with E-state index in [1.54, 1.807) is 4.90 Å². The molecule has 0 unspecified atom stereocenters. The molecular formula is C27H29N2O+. The van der Waals surface area contributed by atoms with Gasteiger partial charge in [0.25, 0.3) is 0 Å². The topological polar surface area (TPSA) is 24.8 Å². The summed E-state index contributed by atoms with van der Waals surface area (Å²) in [4.78, 5) is 16.7. The van der Waals surface area contributed by atoms with Gasteiger partial charge in [-0.05, 0) is 17.9 Å². The number of hydrogen-bond acceptors (Lipinski definition) is 1. The van der Waals surface area contributed by atoms with Crippen LogP contribution < -0.4 is 4.90 Å². The highest BCUT2D eigenvalue weighted by atomic mass is 16.2. The van der Waals surface area contributed by atoms with E-state index in [0.717, 1.165) is 32.6 Å². The van der Waals surface area contributed by atoms with Gasteiger partial charge < -0.3 is 9.80 Å². The van der Waals surface area contributed by atoms with E-state index in [0.29, 0.717) is 17.9 Å². The Balaban J connectivity index is 1.26. The average Bonchev–Trinajstić information content (AvgIpc) is 3.62. The Labute approximate surface area is 178 Å². The fraction of sp³-hybridized carbons (Fsp3) is 0.296. The van der Waals surface area contributed by atoms with E-state index < -0.39 is 0 Å². The molecule has 30 heavy (non-hydrogen) atoms. The molecule has 0 bridgehead atoms. The highest BCUT2D eigenvalue weighted by molar-refractivity contribution is 5.83. The summed E-state index contributed by atoms with van der Waals surface area (Å²) in [5, 5.41) is 0. The molecule has 1 N–H and O–H groups in total. The Kier molecular flexibility index (Phi) is 5.37. The fourth-order valence-corrected chi connectivity index (χ4v) is 5.03. The molecule has 3 nitrogen and oxygen atoms in total. The third-order valence-corrected chi connectivity index (χ3v) is 6.73. The number of hydrogen-bond donors (Lipinski definition) is 1. The maximum Gasteiger partial charge on any atom is 0.226 e. The molecule has 1 heterocycles. The van der Waals surface area contributed by atoms with E-state index in [4.69, 9.17) is 0 Å². The molecule has 3 aromatic rings. The summed E-state index contributed by atoms with van der Waals surface area (Å²) in [6.45, 7) is 3.68.